The van der Waals surface area contributed by atoms with Crippen LogP contribution in [0.25, 0.3) is 0 Å². The lowest BCUT2D eigenvalue weighted by molar-refractivity contribution is 0.0423. The molecule has 0 saturated carbocycles. The van der Waals surface area contributed by atoms with Gasteiger partial charge in [0.15, 0.2) is 0 Å². The number of fused-ring (bicyclic) bond motifs is 1. The van der Waals surface area contributed by atoms with Gasteiger partial charge in [-0.2, -0.15) is 0 Å². The normalized spacial score (nSPS) is 15.2. The third-order valence-electron chi connectivity index (χ3n) is 6.86. The van der Waals surface area contributed by atoms with Crippen molar-refractivity contribution in [2.75, 3.05) is 13.1 Å². The highest BCUT2D eigenvalue weighted by Crippen LogP contribution is 2.27. The number of hydrogen-bond donors (Lipinski definition) is 3. The van der Waals surface area contributed by atoms with Crippen LogP contribution in [-0.4, -0.2) is 65.3 Å². The molecular weight excluding hydrogens is 622 g/mol. The molecule has 10 nitrogen and oxygen atoms in total. The molecular formula is C36H44F2N4O6. The zero-order valence-corrected chi connectivity index (χ0v) is 28.0. The van der Waals surface area contributed by atoms with E-state index in [-0.39, 0.29) is 24.2 Å². The number of alkyl halides is 2. The molecule has 1 aliphatic rings. The third kappa shape index (κ3) is 10.9. The number of hydrogen-bond acceptors (Lipinski definition) is 7. The van der Waals surface area contributed by atoms with Gasteiger partial charge in [0, 0.05) is 6.54 Å². The standard InChI is InChI=1S/C22H23FN2O4.C14H21FN2O2/c1-22(2,3)29-21(28)24-17(18(23)14-9-5-4-6-10-14)13-25-19(26)15-11-7-8-12-16(15)20(25)27;1-14(2,3)19-13(18)17-11(9-16)12(15)10-7-5-4-6-8-10/h4-12,17-18H,13H2,1-3H3,(H,24,28);4-8,11-12H,9,16H2,1-3H3,(H,17,18)/t17-,18-;11-,12-/m11/s1. The summed E-state index contributed by atoms with van der Waals surface area (Å²) < 4.78 is 39.9. The van der Waals surface area contributed by atoms with Crippen LogP contribution in [-0.2, 0) is 9.47 Å². The van der Waals surface area contributed by atoms with E-state index in [1.165, 1.54) is 0 Å². The van der Waals surface area contributed by atoms with E-state index >= 15 is 4.39 Å². The molecule has 4 rings (SSSR count). The Kier molecular flexibility index (Phi) is 12.8. The van der Waals surface area contributed by atoms with Crippen molar-refractivity contribution >= 4 is 24.0 Å². The Morgan fingerprint density at radius 3 is 1.40 bits per heavy atom. The highest BCUT2D eigenvalue weighted by molar-refractivity contribution is 6.21. The highest BCUT2D eigenvalue weighted by atomic mass is 19.1. The van der Waals surface area contributed by atoms with Gasteiger partial charge in [-0.05, 0) is 64.8 Å². The van der Waals surface area contributed by atoms with Crippen molar-refractivity contribution in [1.82, 2.24) is 15.5 Å². The zero-order valence-electron chi connectivity index (χ0n) is 28.0. The number of nitrogens with two attached hydrogens (primary N) is 1. The van der Waals surface area contributed by atoms with Crippen molar-refractivity contribution in [1.29, 1.82) is 0 Å². The molecule has 0 fully saturated rings. The number of ether oxygens (including phenoxy) is 2. The number of imide groups is 1. The Labute approximate surface area is 280 Å². The molecule has 0 saturated heterocycles. The SMILES string of the molecule is CC(C)(C)OC(=O)N[C@H](CN)[C@H](F)c1ccccc1.CC(C)(C)OC(=O)N[C@H](CN1C(=O)c2ccccc2C1=O)[C@H](F)c1ccccc1. The quantitative estimate of drug-likeness (QED) is 0.224. The lowest BCUT2D eigenvalue weighted by atomic mass is 10.0. The van der Waals surface area contributed by atoms with Gasteiger partial charge in [-0.25, -0.2) is 18.4 Å². The average molecular weight is 667 g/mol. The second kappa shape index (κ2) is 16.3. The van der Waals surface area contributed by atoms with Gasteiger partial charge in [0.25, 0.3) is 11.8 Å². The fourth-order valence-corrected chi connectivity index (χ4v) is 4.72. The first-order valence-electron chi connectivity index (χ1n) is 15.5. The topological polar surface area (TPSA) is 140 Å². The van der Waals surface area contributed by atoms with E-state index in [9.17, 15) is 23.6 Å². The summed E-state index contributed by atoms with van der Waals surface area (Å²) in [6, 6.07) is 21.3. The Morgan fingerprint density at radius 1 is 0.667 bits per heavy atom. The predicted octanol–water partition coefficient (Wildman–Crippen LogP) is 6.44. The van der Waals surface area contributed by atoms with Crippen LogP contribution in [0.4, 0.5) is 18.4 Å². The fraction of sp³-hybridized carbons (Fsp3) is 0.389. The minimum absolute atomic E-state index is 0.00466. The Morgan fingerprint density at radius 2 is 1.02 bits per heavy atom. The smallest absolute Gasteiger partial charge is 0.408 e. The number of nitrogens with zero attached hydrogens (tertiary/aromatic N) is 1. The summed E-state index contributed by atoms with van der Waals surface area (Å²) in [6.07, 6.45) is -4.49. The number of halogens is 2. The lowest BCUT2D eigenvalue weighted by Crippen LogP contribution is -2.49. The van der Waals surface area contributed by atoms with Crippen molar-refractivity contribution in [3.63, 3.8) is 0 Å². The molecule has 4 N–H and O–H groups in total. The molecule has 3 aromatic rings. The number of nitrogens with one attached hydrogen (secondary N) is 2. The molecule has 0 bridgehead atoms. The minimum Gasteiger partial charge on any atom is -0.444 e. The predicted molar refractivity (Wildman–Crippen MR) is 178 cm³/mol. The van der Waals surface area contributed by atoms with E-state index < -0.39 is 59.6 Å². The second-order valence-corrected chi connectivity index (χ2v) is 13.1. The molecule has 1 heterocycles. The van der Waals surface area contributed by atoms with Gasteiger partial charge in [0.1, 0.15) is 23.5 Å². The molecule has 0 spiro atoms. The number of rotatable bonds is 9. The summed E-state index contributed by atoms with van der Waals surface area (Å²) in [5.74, 6) is -1.02. The maximum atomic E-state index is 15.3. The molecule has 4 amide bonds. The van der Waals surface area contributed by atoms with Crippen LogP contribution >= 0.6 is 0 Å². The summed E-state index contributed by atoms with van der Waals surface area (Å²) in [6.45, 7) is 9.98. The summed E-state index contributed by atoms with van der Waals surface area (Å²) in [7, 11) is 0. The van der Waals surface area contributed by atoms with Crippen LogP contribution in [0, 0.1) is 0 Å². The zero-order chi connectivity index (χ0) is 35.6. The molecule has 0 unspecified atom stereocenters. The van der Waals surface area contributed by atoms with Gasteiger partial charge in [0.05, 0.1) is 29.8 Å². The molecule has 0 aliphatic carbocycles. The molecule has 0 aromatic heterocycles. The molecule has 0 radical (unpaired) electrons. The van der Waals surface area contributed by atoms with Crippen LogP contribution in [0.5, 0.6) is 0 Å². The van der Waals surface area contributed by atoms with Gasteiger partial charge in [-0.3, -0.25) is 14.5 Å². The molecule has 1 aliphatic heterocycles. The number of alkyl carbamates (subject to hydrolysis) is 2. The van der Waals surface area contributed by atoms with Gasteiger partial charge < -0.3 is 25.8 Å². The van der Waals surface area contributed by atoms with Gasteiger partial charge in [-0.15, -0.1) is 0 Å². The van der Waals surface area contributed by atoms with Crippen LogP contribution in [0.2, 0.25) is 0 Å². The van der Waals surface area contributed by atoms with Crippen LogP contribution in [0.15, 0.2) is 84.9 Å². The first-order chi connectivity index (χ1) is 22.5. The fourth-order valence-electron chi connectivity index (χ4n) is 4.72. The van der Waals surface area contributed by atoms with Crippen molar-refractivity contribution in [2.24, 2.45) is 5.73 Å². The molecule has 4 atom stereocenters. The van der Waals surface area contributed by atoms with E-state index in [1.807, 2.05) is 0 Å². The average Bonchev–Trinajstić information content (AvgIpc) is 3.27. The number of carbonyl (C=O) groups excluding carboxylic acids is 4. The van der Waals surface area contributed by atoms with E-state index in [1.54, 1.807) is 126 Å². The van der Waals surface area contributed by atoms with Crippen molar-refractivity contribution in [3.8, 4) is 0 Å². The lowest BCUT2D eigenvalue weighted by Gasteiger charge is -2.28. The van der Waals surface area contributed by atoms with E-state index in [4.69, 9.17) is 15.2 Å². The molecule has 3 aromatic carbocycles. The summed E-state index contributed by atoms with van der Waals surface area (Å²) in [5, 5.41) is 4.94. The summed E-state index contributed by atoms with van der Waals surface area (Å²) in [5.41, 5.74) is 5.45. The third-order valence-corrected chi connectivity index (χ3v) is 6.86. The van der Waals surface area contributed by atoms with Gasteiger partial charge >= 0.3 is 12.2 Å². The van der Waals surface area contributed by atoms with Crippen molar-refractivity contribution in [2.45, 2.75) is 77.2 Å². The van der Waals surface area contributed by atoms with Crippen molar-refractivity contribution in [3.05, 3.63) is 107 Å². The maximum Gasteiger partial charge on any atom is 0.408 e. The van der Waals surface area contributed by atoms with E-state index in [0.29, 0.717) is 11.1 Å². The largest absolute Gasteiger partial charge is 0.444 e. The maximum absolute atomic E-state index is 15.3. The van der Waals surface area contributed by atoms with Gasteiger partial charge in [-0.1, -0.05) is 72.8 Å². The Bertz CT molecular complexity index is 1510. The monoisotopic (exact) mass is 666 g/mol. The second-order valence-electron chi connectivity index (χ2n) is 13.1. The van der Waals surface area contributed by atoms with Crippen LogP contribution < -0.4 is 16.4 Å². The van der Waals surface area contributed by atoms with Gasteiger partial charge in [0.2, 0.25) is 0 Å². The number of benzene rings is 3. The molecule has 48 heavy (non-hydrogen) atoms. The van der Waals surface area contributed by atoms with Crippen molar-refractivity contribution < 1.29 is 37.4 Å². The van der Waals surface area contributed by atoms with E-state index in [2.05, 4.69) is 10.6 Å². The Balaban J connectivity index is 0.000000286. The van der Waals surface area contributed by atoms with Crippen LogP contribution in [0.3, 0.4) is 0 Å². The number of amides is 4. The summed E-state index contributed by atoms with van der Waals surface area (Å²) >= 11 is 0. The van der Waals surface area contributed by atoms with Crippen LogP contribution in [0.1, 0.15) is 85.7 Å². The number of carbonyl (C=O) groups is 4. The molecule has 12 heteroatoms. The highest BCUT2D eigenvalue weighted by Gasteiger charge is 2.39. The first kappa shape index (κ1) is 37.6. The Hall–Kier alpha value is -4.84. The molecule has 258 valence electrons. The first-order valence-corrected chi connectivity index (χ1v) is 15.5. The summed E-state index contributed by atoms with van der Waals surface area (Å²) in [4.78, 5) is 50.2. The minimum atomic E-state index is -1.65. The van der Waals surface area contributed by atoms with E-state index in [0.717, 1.165) is 4.90 Å².